The van der Waals surface area contributed by atoms with E-state index in [1.165, 1.54) is 12.3 Å². The van der Waals surface area contributed by atoms with E-state index in [1.54, 1.807) is 30.3 Å². The van der Waals surface area contributed by atoms with Crippen LogP contribution >= 0.6 is 11.8 Å². The van der Waals surface area contributed by atoms with Gasteiger partial charge in [-0.15, -0.1) is 0 Å². The third-order valence-corrected chi connectivity index (χ3v) is 4.57. The van der Waals surface area contributed by atoms with Crippen LogP contribution in [0.5, 0.6) is 5.75 Å². The van der Waals surface area contributed by atoms with Crippen molar-refractivity contribution in [3.8, 4) is 5.75 Å². The summed E-state index contributed by atoms with van der Waals surface area (Å²) in [7, 11) is 0. The summed E-state index contributed by atoms with van der Waals surface area (Å²) in [6.07, 6.45) is 1.33. The van der Waals surface area contributed by atoms with E-state index >= 15 is 0 Å². The first-order chi connectivity index (χ1) is 14.5. The smallest absolute Gasteiger partial charge is 0.291 e. The van der Waals surface area contributed by atoms with E-state index in [0.717, 1.165) is 11.8 Å². The Hall–Kier alpha value is -3.73. The summed E-state index contributed by atoms with van der Waals surface area (Å²) < 4.78 is 10.3. The highest BCUT2D eigenvalue weighted by atomic mass is 32.2. The van der Waals surface area contributed by atoms with Crippen LogP contribution in [0.2, 0.25) is 0 Å². The molecule has 5 N–H and O–H groups in total. The van der Waals surface area contributed by atoms with E-state index in [0.29, 0.717) is 18.0 Å². The summed E-state index contributed by atoms with van der Waals surface area (Å²) in [5, 5.41) is 5.23. The third kappa shape index (κ3) is 5.41. The van der Waals surface area contributed by atoms with Gasteiger partial charge in [-0.2, -0.15) is 0 Å². The number of carbonyl (C=O) groups is 2. The number of carbonyl (C=O) groups excluding carboxylic acids is 2. The number of thioether (sulfide) groups is 1. The summed E-state index contributed by atoms with van der Waals surface area (Å²) in [5.41, 5.74) is 5.57. The Labute approximate surface area is 175 Å². The number of amides is 2. The van der Waals surface area contributed by atoms with Crippen molar-refractivity contribution in [2.24, 2.45) is 0 Å². The van der Waals surface area contributed by atoms with Crippen LogP contribution in [0.4, 0.5) is 17.2 Å². The zero-order valence-corrected chi connectivity index (χ0v) is 16.7. The topological polar surface area (TPSA) is 152 Å². The van der Waals surface area contributed by atoms with Crippen LogP contribution in [0.15, 0.2) is 57.0 Å². The molecule has 0 spiro atoms. The number of nitrogens with one attached hydrogen (secondary N) is 3. The normalized spacial score (nSPS) is 10.4. The van der Waals surface area contributed by atoms with Gasteiger partial charge in [-0.1, -0.05) is 11.8 Å². The molecule has 2 heterocycles. The van der Waals surface area contributed by atoms with Crippen LogP contribution in [0.25, 0.3) is 0 Å². The van der Waals surface area contributed by atoms with Crippen molar-refractivity contribution < 1.29 is 18.7 Å². The molecule has 0 fully saturated rings. The first-order valence-corrected chi connectivity index (χ1v) is 9.85. The number of H-pyrrole nitrogens is 1. The molecule has 0 bridgehead atoms. The number of aromatic nitrogens is 2. The van der Waals surface area contributed by atoms with E-state index in [1.807, 2.05) is 6.92 Å². The number of hydrogen-bond donors (Lipinski definition) is 4. The molecule has 3 aromatic rings. The summed E-state index contributed by atoms with van der Waals surface area (Å²) in [5.74, 6) is -0.365. The molecule has 0 aliphatic heterocycles. The first-order valence-electron chi connectivity index (χ1n) is 8.86. The minimum Gasteiger partial charge on any atom is -0.494 e. The summed E-state index contributed by atoms with van der Waals surface area (Å²) in [6, 6.07) is 9.94. The predicted molar refractivity (Wildman–Crippen MR) is 113 cm³/mol. The lowest BCUT2D eigenvalue weighted by atomic mass is 10.3. The van der Waals surface area contributed by atoms with Gasteiger partial charge in [-0.3, -0.25) is 19.4 Å². The molecule has 0 atom stereocenters. The van der Waals surface area contributed by atoms with Crippen molar-refractivity contribution >= 4 is 40.8 Å². The molecule has 156 valence electrons. The molecular formula is C19H19N5O5S. The zero-order chi connectivity index (χ0) is 21.5. The summed E-state index contributed by atoms with van der Waals surface area (Å²) in [4.78, 5) is 42.9. The molecule has 0 aliphatic rings. The Balaban J connectivity index is 1.58. The van der Waals surface area contributed by atoms with E-state index < -0.39 is 11.5 Å². The molecule has 3 rings (SSSR count). The van der Waals surface area contributed by atoms with Gasteiger partial charge in [0.25, 0.3) is 11.5 Å². The van der Waals surface area contributed by atoms with Crippen molar-refractivity contribution in [3.63, 3.8) is 0 Å². The SMILES string of the molecule is CCOc1ccc(NC(=O)CSc2nc(N)c(NC(=O)c3ccco3)c(=O)[nH]2)cc1. The van der Waals surface area contributed by atoms with E-state index in [4.69, 9.17) is 14.9 Å². The average Bonchev–Trinajstić information content (AvgIpc) is 3.26. The molecule has 11 heteroatoms. The van der Waals surface area contributed by atoms with Crippen LogP contribution < -0.4 is 26.7 Å². The van der Waals surface area contributed by atoms with Crippen LogP contribution in [-0.2, 0) is 4.79 Å². The Bertz CT molecular complexity index is 1080. The number of nitrogens with two attached hydrogens (primary N) is 1. The average molecular weight is 429 g/mol. The van der Waals surface area contributed by atoms with Gasteiger partial charge in [0.2, 0.25) is 5.91 Å². The van der Waals surface area contributed by atoms with Crippen LogP contribution in [0.3, 0.4) is 0 Å². The fourth-order valence-electron chi connectivity index (χ4n) is 2.37. The number of benzene rings is 1. The standard InChI is InChI=1S/C19H19N5O5S/c1-2-28-12-7-5-11(6-8-12)21-14(25)10-30-19-23-16(20)15(18(27)24-19)22-17(26)13-4-3-9-29-13/h3-9H,2,10H2,1H3,(H,21,25)(H,22,26)(H3,20,23,24,27). The monoisotopic (exact) mass is 429 g/mol. The number of ether oxygens (including phenoxy) is 1. The van der Waals surface area contributed by atoms with Gasteiger partial charge >= 0.3 is 0 Å². The minimum atomic E-state index is -0.642. The highest BCUT2D eigenvalue weighted by Crippen LogP contribution is 2.19. The number of hydrogen-bond acceptors (Lipinski definition) is 8. The second kappa shape index (κ2) is 9.65. The predicted octanol–water partition coefficient (Wildman–Crippen LogP) is 2.33. The fourth-order valence-corrected chi connectivity index (χ4v) is 3.04. The molecule has 0 saturated heterocycles. The molecule has 2 aromatic heterocycles. The highest BCUT2D eigenvalue weighted by Gasteiger charge is 2.16. The van der Waals surface area contributed by atoms with Crippen LogP contribution in [-0.4, -0.2) is 34.1 Å². The Morgan fingerprint density at radius 1 is 1.23 bits per heavy atom. The largest absolute Gasteiger partial charge is 0.494 e. The van der Waals surface area contributed by atoms with Gasteiger partial charge in [0.05, 0.1) is 18.6 Å². The number of aromatic amines is 1. The van der Waals surface area contributed by atoms with Gasteiger partial charge in [0, 0.05) is 5.69 Å². The Morgan fingerprint density at radius 3 is 2.63 bits per heavy atom. The molecule has 0 unspecified atom stereocenters. The molecule has 30 heavy (non-hydrogen) atoms. The first kappa shape index (κ1) is 21.0. The summed E-state index contributed by atoms with van der Waals surface area (Å²) in [6.45, 7) is 2.44. The lowest BCUT2D eigenvalue weighted by Gasteiger charge is -2.08. The lowest BCUT2D eigenvalue weighted by Crippen LogP contribution is -2.23. The highest BCUT2D eigenvalue weighted by molar-refractivity contribution is 7.99. The second-order valence-electron chi connectivity index (χ2n) is 5.86. The molecule has 1 aromatic carbocycles. The van der Waals surface area contributed by atoms with Crippen molar-refractivity contribution in [2.45, 2.75) is 12.1 Å². The minimum absolute atomic E-state index is 0.00626. The van der Waals surface area contributed by atoms with Gasteiger partial charge in [-0.05, 0) is 43.3 Å². The number of nitrogens with zero attached hydrogens (tertiary/aromatic N) is 1. The quantitative estimate of drug-likeness (QED) is 0.314. The Morgan fingerprint density at radius 2 is 2.00 bits per heavy atom. The van der Waals surface area contributed by atoms with Gasteiger partial charge in [-0.25, -0.2) is 4.98 Å². The van der Waals surface area contributed by atoms with E-state index in [9.17, 15) is 14.4 Å². The van der Waals surface area contributed by atoms with Crippen LogP contribution in [0.1, 0.15) is 17.5 Å². The number of nitrogen functional groups attached to an aromatic ring is 1. The number of rotatable bonds is 8. The second-order valence-corrected chi connectivity index (χ2v) is 6.82. The van der Waals surface area contributed by atoms with Crippen molar-refractivity contribution in [1.82, 2.24) is 9.97 Å². The van der Waals surface area contributed by atoms with Gasteiger partial charge in [0.1, 0.15) is 5.75 Å². The fraction of sp³-hybridized carbons (Fsp3) is 0.158. The lowest BCUT2D eigenvalue weighted by molar-refractivity contribution is -0.113. The summed E-state index contributed by atoms with van der Waals surface area (Å²) >= 11 is 0.998. The van der Waals surface area contributed by atoms with E-state index in [2.05, 4.69) is 20.6 Å². The maximum Gasteiger partial charge on any atom is 0.291 e. The van der Waals surface area contributed by atoms with Crippen molar-refractivity contribution in [1.29, 1.82) is 0 Å². The van der Waals surface area contributed by atoms with Crippen molar-refractivity contribution in [2.75, 3.05) is 28.7 Å². The molecule has 0 radical (unpaired) electrons. The Kier molecular flexibility index (Phi) is 6.75. The van der Waals surface area contributed by atoms with Gasteiger partial charge < -0.3 is 25.5 Å². The maximum absolute atomic E-state index is 12.2. The van der Waals surface area contributed by atoms with E-state index in [-0.39, 0.29) is 34.1 Å². The van der Waals surface area contributed by atoms with Gasteiger partial charge in [0.15, 0.2) is 22.4 Å². The zero-order valence-electron chi connectivity index (χ0n) is 15.9. The van der Waals surface area contributed by atoms with Crippen LogP contribution in [0, 0.1) is 0 Å². The number of anilines is 3. The molecular weight excluding hydrogens is 410 g/mol. The number of furan rings is 1. The molecule has 2 amide bonds. The molecule has 0 saturated carbocycles. The maximum atomic E-state index is 12.2. The third-order valence-electron chi connectivity index (χ3n) is 3.70. The molecule has 0 aliphatic carbocycles. The van der Waals surface area contributed by atoms with Crippen molar-refractivity contribution in [3.05, 3.63) is 58.8 Å². The molecule has 10 nitrogen and oxygen atoms in total.